The Hall–Kier alpha value is -6.54. The molecule has 18 nitrogen and oxygen atoms in total. The van der Waals surface area contributed by atoms with E-state index in [1.807, 2.05) is 23.7 Å². The van der Waals surface area contributed by atoms with E-state index in [-0.39, 0.29) is 40.4 Å². The largest absolute Gasteiger partial charge is 0.480 e. The number of rotatable bonds is 17. The number of hydrogen-bond donors (Lipinski definition) is 4. The molecule has 5 heterocycles. The first-order chi connectivity index (χ1) is 36.4. The molecule has 2 aliphatic carbocycles. The maximum atomic E-state index is 14.1. The molecule has 19 heteroatoms. The summed E-state index contributed by atoms with van der Waals surface area (Å²) < 4.78 is 44.0. The number of nitrogens with one attached hydrogen (secondary N) is 3. The summed E-state index contributed by atoms with van der Waals surface area (Å²) in [5.74, 6) is 0.825. The average molecular weight is 1060 g/mol. The number of sulfonamides is 1. The summed E-state index contributed by atoms with van der Waals surface area (Å²) in [4.78, 5) is 40.5. The maximum absolute atomic E-state index is 14.1. The summed E-state index contributed by atoms with van der Waals surface area (Å²) in [6, 6.07) is 22.3. The van der Waals surface area contributed by atoms with Crippen LogP contribution in [0.3, 0.4) is 0 Å². The van der Waals surface area contributed by atoms with Crippen molar-refractivity contribution in [2.75, 3.05) is 56.6 Å². The second-order valence-corrected chi connectivity index (χ2v) is 24.3. The van der Waals surface area contributed by atoms with Gasteiger partial charge in [-0.3, -0.25) is 29.4 Å². The first-order valence-electron chi connectivity index (χ1n) is 26.9. The molecule has 1 spiro atoms. The number of ether oxygens (including phenoxy) is 2. The Kier molecular flexibility index (Phi) is 14.9. The number of methoxy groups -OCH3 is 1. The van der Waals surface area contributed by atoms with Crippen LogP contribution < -0.4 is 24.4 Å². The Labute approximate surface area is 445 Å². The third-order valence-corrected chi connectivity index (χ3v) is 18.0. The highest BCUT2D eigenvalue weighted by molar-refractivity contribution is 7.90. The third kappa shape index (κ3) is 11.3. The van der Waals surface area contributed by atoms with E-state index in [4.69, 9.17) is 14.6 Å². The van der Waals surface area contributed by atoms with Gasteiger partial charge in [-0.2, -0.15) is 0 Å². The molecule has 1 atom stereocenters. The van der Waals surface area contributed by atoms with Crippen LogP contribution >= 0.6 is 0 Å². The van der Waals surface area contributed by atoms with Gasteiger partial charge in [0.05, 0.1) is 34.3 Å². The summed E-state index contributed by atoms with van der Waals surface area (Å²) >= 11 is 0. The number of aromatic amines is 1. The quantitative estimate of drug-likeness (QED) is 0.0495. The van der Waals surface area contributed by atoms with Crippen LogP contribution in [0.4, 0.5) is 17.1 Å². The lowest BCUT2D eigenvalue weighted by molar-refractivity contribution is -0.384. The number of carbonyl (C=O) groups excluding carboxylic acids is 1. The standard InChI is InChI=1S/C57H72N10O8S/c1-37(2)46-9-7-8-10-47(46)51-36-63(34-41-35-66(38(3)4)61-55(41)74-6)25-26-65(51)43-30-57(31-43)20-23-64(24-21-57)42-11-13-48(52(28-42)75-44-27-40-17-22-58-53(40)60-33-44)54(68)62-76(72,73)45-12-14-49(50(29-45)67(70)71)59-32-39-15-18-56(5,69)19-16-39/h7-14,17,22,27-29,33,35,37-39,43,51,59,69H,15-16,18-21,23-26,30-32,34,36H2,1-6H3,(H,58,60)(H,62,68). The van der Waals surface area contributed by atoms with E-state index in [0.29, 0.717) is 48.6 Å². The number of anilines is 2. The molecule has 2 saturated carbocycles. The fourth-order valence-corrected chi connectivity index (χ4v) is 13.1. The van der Waals surface area contributed by atoms with Crippen LogP contribution in [0.2, 0.25) is 0 Å². The van der Waals surface area contributed by atoms with E-state index >= 15 is 0 Å². The maximum Gasteiger partial charge on any atom is 0.293 e. The average Bonchev–Trinajstić information content (AvgIpc) is 4.04. The molecule has 4 N–H and O–H groups in total. The van der Waals surface area contributed by atoms with E-state index in [1.54, 1.807) is 37.7 Å². The van der Waals surface area contributed by atoms with Gasteiger partial charge < -0.3 is 29.8 Å². The minimum absolute atomic E-state index is 0.0329. The first-order valence-corrected chi connectivity index (χ1v) is 28.4. The van der Waals surface area contributed by atoms with Gasteiger partial charge in [-0.05, 0) is 137 Å². The highest BCUT2D eigenvalue weighted by Gasteiger charge is 2.50. The molecule has 0 radical (unpaired) electrons. The molecule has 1 unspecified atom stereocenters. The SMILES string of the molecule is COc1nn(C(C)C)cc1CN1CCN(C2CC3(CCN(c4ccc(C(=O)NS(=O)(=O)c5ccc(NCC6CCC(C)(O)CC6)c([N+](=O)[O-])c5)c(Oc5cnc6[nH]ccc6c5)c4)CC3)C2)C(c2ccccc2C(C)C)C1. The van der Waals surface area contributed by atoms with E-state index in [0.717, 1.165) is 100 Å². The number of aliphatic hydroxyl groups is 1. The van der Waals surface area contributed by atoms with Crippen molar-refractivity contribution in [2.45, 2.75) is 127 Å². The summed E-state index contributed by atoms with van der Waals surface area (Å²) in [5, 5.41) is 31.2. The molecular weight excluding hydrogens is 985 g/mol. The number of amides is 1. The van der Waals surface area contributed by atoms with Crippen LogP contribution in [0.1, 0.15) is 131 Å². The highest BCUT2D eigenvalue weighted by atomic mass is 32.2. The lowest BCUT2D eigenvalue weighted by Crippen LogP contribution is -2.60. The second-order valence-electron chi connectivity index (χ2n) is 22.6. The Morgan fingerprint density at radius 2 is 1.74 bits per heavy atom. The number of piperidine rings is 1. The zero-order valence-corrected chi connectivity index (χ0v) is 45.3. The number of H-pyrrole nitrogens is 1. The highest BCUT2D eigenvalue weighted by Crippen LogP contribution is 2.53. The van der Waals surface area contributed by atoms with Crippen molar-refractivity contribution in [2.24, 2.45) is 11.3 Å². The zero-order valence-electron chi connectivity index (χ0n) is 44.5. The first kappa shape index (κ1) is 52.9. The van der Waals surface area contributed by atoms with Crippen molar-refractivity contribution >= 4 is 44.0 Å². The van der Waals surface area contributed by atoms with E-state index < -0.39 is 37.0 Å². The van der Waals surface area contributed by atoms with Crippen molar-refractivity contribution in [3.63, 3.8) is 0 Å². The lowest BCUT2D eigenvalue weighted by Gasteiger charge is -2.58. The van der Waals surface area contributed by atoms with Crippen molar-refractivity contribution < 1.29 is 32.7 Å². The second kappa shape index (κ2) is 21.5. The molecule has 1 amide bonds. The molecule has 2 saturated heterocycles. The fraction of sp³-hybridized carbons (Fsp3) is 0.491. The number of piperazine rings is 1. The van der Waals surface area contributed by atoms with Crippen LogP contribution in [0, 0.1) is 21.4 Å². The minimum Gasteiger partial charge on any atom is -0.480 e. The molecule has 6 aromatic rings. The summed E-state index contributed by atoms with van der Waals surface area (Å²) in [7, 11) is -2.89. The van der Waals surface area contributed by atoms with Gasteiger partial charge in [-0.1, -0.05) is 38.1 Å². The van der Waals surface area contributed by atoms with Gasteiger partial charge in [-0.15, -0.1) is 5.10 Å². The molecule has 2 aliphatic heterocycles. The number of aromatic nitrogens is 4. The number of carbonyl (C=O) groups is 1. The van der Waals surface area contributed by atoms with Gasteiger partial charge in [0.25, 0.3) is 21.6 Å². The monoisotopic (exact) mass is 1060 g/mol. The predicted molar refractivity (Wildman–Crippen MR) is 293 cm³/mol. The van der Waals surface area contributed by atoms with Gasteiger partial charge >= 0.3 is 0 Å². The number of pyridine rings is 1. The molecule has 0 bridgehead atoms. The Morgan fingerprint density at radius 1 is 0.974 bits per heavy atom. The van der Waals surface area contributed by atoms with Gasteiger partial charge in [0.2, 0.25) is 5.88 Å². The summed E-state index contributed by atoms with van der Waals surface area (Å²) in [5.41, 5.74) is 4.62. The van der Waals surface area contributed by atoms with Crippen LogP contribution in [0.15, 0.2) is 96.3 Å². The summed E-state index contributed by atoms with van der Waals surface area (Å²) in [6.45, 7) is 16.3. The fourth-order valence-electron chi connectivity index (χ4n) is 12.1. The number of benzene rings is 3. The third-order valence-electron chi connectivity index (χ3n) is 16.6. The molecule has 10 rings (SSSR count). The zero-order chi connectivity index (χ0) is 53.5. The Bertz CT molecular complexity index is 3180. The van der Waals surface area contributed by atoms with Gasteiger partial charge in [0.1, 0.15) is 22.8 Å². The van der Waals surface area contributed by atoms with Gasteiger partial charge in [0, 0.05) is 105 Å². The van der Waals surface area contributed by atoms with Gasteiger partial charge in [0.15, 0.2) is 0 Å². The van der Waals surface area contributed by atoms with Crippen molar-refractivity contribution in [3.05, 3.63) is 124 Å². The Morgan fingerprint density at radius 3 is 2.46 bits per heavy atom. The number of nitrogens with zero attached hydrogens (tertiary/aromatic N) is 7. The van der Waals surface area contributed by atoms with Crippen molar-refractivity contribution in [1.82, 2.24) is 34.3 Å². The van der Waals surface area contributed by atoms with E-state index in [9.17, 15) is 28.4 Å². The summed E-state index contributed by atoms with van der Waals surface area (Å²) in [6.07, 6.45) is 12.5. The topological polar surface area (TPSA) is 213 Å². The predicted octanol–water partition coefficient (Wildman–Crippen LogP) is 9.95. The van der Waals surface area contributed by atoms with Gasteiger partial charge in [-0.25, -0.2) is 18.1 Å². The van der Waals surface area contributed by atoms with Crippen LogP contribution in [-0.2, 0) is 16.6 Å². The molecule has 3 aromatic carbocycles. The van der Waals surface area contributed by atoms with Crippen LogP contribution in [-0.4, -0.2) is 112 Å². The molecular formula is C57H72N10O8S. The Balaban J connectivity index is 0.833. The number of hydrogen-bond acceptors (Lipinski definition) is 14. The molecule has 404 valence electrons. The smallest absolute Gasteiger partial charge is 0.293 e. The van der Waals surface area contributed by atoms with Crippen molar-refractivity contribution in [3.8, 4) is 17.4 Å². The molecule has 4 aliphatic rings. The molecule has 4 fully saturated rings. The normalized spacial score (nSPS) is 21.5. The number of fused-ring (bicyclic) bond motifs is 1. The van der Waals surface area contributed by atoms with Crippen LogP contribution in [0.5, 0.6) is 17.4 Å². The molecule has 76 heavy (non-hydrogen) atoms. The van der Waals surface area contributed by atoms with E-state index in [1.165, 1.54) is 23.3 Å². The molecule has 3 aromatic heterocycles. The minimum atomic E-state index is -4.59. The van der Waals surface area contributed by atoms with Crippen LogP contribution in [0.25, 0.3) is 11.0 Å². The lowest BCUT2D eigenvalue weighted by atomic mass is 9.59. The van der Waals surface area contributed by atoms with E-state index in [2.05, 4.69) is 92.9 Å². The number of nitro groups is 1. The van der Waals surface area contributed by atoms with Crippen molar-refractivity contribution in [1.29, 1.82) is 0 Å². The number of nitro benzene ring substituents is 1.